The molecule has 0 atom stereocenters. The van der Waals surface area contributed by atoms with Crippen LogP contribution in [0.25, 0.3) is 0 Å². The van der Waals surface area contributed by atoms with Crippen molar-refractivity contribution in [3.05, 3.63) is 47.0 Å². The molecule has 4 nitrogen and oxygen atoms in total. The van der Waals surface area contributed by atoms with Crippen LogP contribution in [0.1, 0.15) is 5.56 Å². The Morgan fingerprint density at radius 3 is 2.50 bits per heavy atom. The van der Waals surface area contributed by atoms with Gasteiger partial charge in [0.1, 0.15) is 5.75 Å². The van der Waals surface area contributed by atoms with E-state index >= 15 is 0 Å². The first-order chi connectivity index (χ1) is 9.51. The zero-order valence-electron chi connectivity index (χ0n) is 11.2. The van der Waals surface area contributed by atoms with Crippen LogP contribution >= 0.6 is 11.6 Å². The predicted octanol–water partition coefficient (Wildman–Crippen LogP) is 3.65. The molecule has 2 N–H and O–H groups in total. The summed E-state index contributed by atoms with van der Waals surface area (Å²) < 4.78 is 5.74. The molecule has 0 aromatic heterocycles. The zero-order chi connectivity index (χ0) is 14.7. The first-order valence-corrected chi connectivity index (χ1v) is 6.33. The van der Waals surface area contributed by atoms with Gasteiger partial charge in [-0.25, -0.2) is 0 Å². The normalized spacial score (nSPS) is 9.90. The van der Waals surface area contributed by atoms with Crippen molar-refractivity contribution in [3.8, 4) is 17.6 Å². The van der Waals surface area contributed by atoms with Gasteiger partial charge in [-0.3, -0.25) is 0 Å². The Hall–Kier alpha value is -2.38. The van der Waals surface area contributed by atoms with Gasteiger partial charge in [-0.15, -0.1) is 0 Å². The van der Waals surface area contributed by atoms with Crippen molar-refractivity contribution in [3.63, 3.8) is 0 Å². The molecule has 0 unspecified atom stereocenters. The summed E-state index contributed by atoms with van der Waals surface area (Å²) >= 11 is 6.09. The summed E-state index contributed by atoms with van der Waals surface area (Å²) in [5.41, 5.74) is 7.88. The van der Waals surface area contributed by atoms with E-state index in [9.17, 15) is 0 Å². The van der Waals surface area contributed by atoms with E-state index in [-0.39, 0.29) is 0 Å². The van der Waals surface area contributed by atoms with Crippen LogP contribution in [0.2, 0.25) is 5.02 Å². The Kier molecular flexibility index (Phi) is 4.02. The highest BCUT2D eigenvalue weighted by atomic mass is 35.5. The van der Waals surface area contributed by atoms with Gasteiger partial charge in [0, 0.05) is 25.8 Å². The third-order valence-corrected chi connectivity index (χ3v) is 3.09. The van der Waals surface area contributed by atoms with Gasteiger partial charge in [0.2, 0.25) is 0 Å². The Morgan fingerprint density at radius 2 is 1.90 bits per heavy atom. The number of halogens is 1. The number of benzene rings is 2. The molecular weight excluding hydrogens is 274 g/mol. The fourth-order valence-corrected chi connectivity index (χ4v) is 1.88. The molecule has 20 heavy (non-hydrogen) atoms. The molecule has 0 saturated carbocycles. The summed E-state index contributed by atoms with van der Waals surface area (Å²) in [6.45, 7) is 0. The van der Waals surface area contributed by atoms with E-state index in [4.69, 9.17) is 27.3 Å². The highest BCUT2D eigenvalue weighted by Gasteiger charge is 2.08. The van der Waals surface area contributed by atoms with Crippen LogP contribution in [0.3, 0.4) is 0 Å². The minimum atomic E-state index is 0.374. The number of anilines is 2. The van der Waals surface area contributed by atoms with E-state index in [1.54, 1.807) is 24.3 Å². The number of hydrogen-bond acceptors (Lipinski definition) is 4. The van der Waals surface area contributed by atoms with E-state index in [0.717, 1.165) is 5.69 Å². The number of hydrogen-bond donors (Lipinski definition) is 1. The van der Waals surface area contributed by atoms with Crippen LogP contribution in [-0.4, -0.2) is 14.1 Å². The fraction of sp³-hybridized carbons (Fsp3) is 0.133. The fourth-order valence-electron chi connectivity index (χ4n) is 1.66. The highest BCUT2D eigenvalue weighted by Crippen LogP contribution is 2.35. The molecule has 2 aromatic carbocycles. The molecule has 0 heterocycles. The molecule has 0 fully saturated rings. The lowest BCUT2D eigenvalue weighted by atomic mass is 10.2. The minimum absolute atomic E-state index is 0.374. The van der Waals surface area contributed by atoms with Gasteiger partial charge in [0.25, 0.3) is 0 Å². The van der Waals surface area contributed by atoms with Crippen molar-refractivity contribution in [2.75, 3.05) is 24.7 Å². The molecule has 2 rings (SSSR count). The summed E-state index contributed by atoms with van der Waals surface area (Å²) in [6, 6.07) is 12.4. The quantitative estimate of drug-likeness (QED) is 0.875. The van der Waals surface area contributed by atoms with Gasteiger partial charge in [-0.05, 0) is 30.3 Å². The van der Waals surface area contributed by atoms with Crippen molar-refractivity contribution in [2.24, 2.45) is 0 Å². The van der Waals surface area contributed by atoms with Crippen LogP contribution in [0.4, 0.5) is 11.4 Å². The molecule has 0 spiro atoms. The molecule has 0 aliphatic carbocycles. The van der Waals surface area contributed by atoms with Crippen LogP contribution in [0.5, 0.6) is 11.5 Å². The minimum Gasteiger partial charge on any atom is -0.454 e. The number of ether oxygens (including phenoxy) is 1. The molecule has 2 aromatic rings. The summed E-state index contributed by atoms with van der Waals surface area (Å²) in [7, 11) is 3.87. The van der Waals surface area contributed by atoms with Gasteiger partial charge >= 0.3 is 0 Å². The van der Waals surface area contributed by atoms with Gasteiger partial charge < -0.3 is 15.4 Å². The number of nitrogen functional groups attached to an aromatic ring is 1. The average Bonchev–Trinajstić information content (AvgIpc) is 2.42. The molecule has 0 saturated heterocycles. The van der Waals surface area contributed by atoms with E-state index in [2.05, 4.69) is 0 Å². The molecule has 0 amide bonds. The smallest absolute Gasteiger partial charge is 0.152 e. The molecule has 0 radical (unpaired) electrons. The van der Waals surface area contributed by atoms with E-state index in [0.29, 0.717) is 27.8 Å². The maximum absolute atomic E-state index is 8.81. The van der Waals surface area contributed by atoms with E-state index < -0.39 is 0 Å². The van der Waals surface area contributed by atoms with Gasteiger partial charge in [-0.1, -0.05) is 11.6 Å². The Morgan fingerprint density at radius 1 is 1.15 bits per heavy atom. The monoisotopic (exact) mass is 287 g/mol. The Labute approximate surface area is 122 Å². The second-order valence-electron chi connectivity index (χ2n) is 4.48. The number of nitriles is 1. The summed E-state index contributed by atoms with van der Waals surface area (Å²) in [6.07, 6.45) is 0. The first kappa shape index (κ1) is 14.0. The number of nitrogens with two attached hydrogens (primary N) is 1. The van der Waals surface area contributed by atoms with Crippen molar-refractivity contribution in [1.29, 1.82) is 5.26 Å². The Bertz CT molecular complexity index is 677. The van der Waals surface area contributed by atoms with Crippen molar-refractivity contribution < 1.29 is 4.74 Å². The number of nitrogens with zero attached hydrogens (tertiary/aromatic N) is 2. The van der Waals surface area contributed by atoms with Crippen LogP contribution < -0.4 is 15.4 Å². The summed E-state index contributed by atoms with van der Waals surface area (Å²) in [5, 5.41) is 9.18. The lowest BCUT2D eigenvalue weighted by molar-refractivity contribution is 0.485. The lowest BCUT2D eigenvalue weighted by Gasteiger charge is -2.16. The average molecular weight is 288 g/mol. The molecule has 0 bridgehead atoms. The highest BCUT2D eigenvalue weighted by molar-refractivity contribution is 6.32. The molecule has 0 aliphatic heterocycles. The second-order valence-corrected chi connectivity index (χ2v) is 4.88. The topological polar surface area (TPSA) is 62.3 Å². The lowest BCUT2D eigenvalue weighted by Crippen LogP contribution is -2.08. The third kappa shape index (κ3) is 2.95. The molecular formula is C15H14ClN3O. The Balaban J connectivity index is 2.35. The van der Waals surface area contributed by atoms with Crippen molar-refractivity contribution in [2.45, 2.75) is 0 Å². The summed E-state index contributed by atoms with van der Waals surface area (Å²) in [4.78, 5) is 1.95. The van der Waals surface area contributed by atoms with Crippen LogP contribution in [-0.2, 0) is 0 Å². The molecule has 5 heteroatoms. The van der Waals surface area contributed by atoms with Crippen molar-refractivity contribution in [1.82, 2.24) is 0 Å². The molecule has 0 aliphatic rings. The second kappa shape index (κ2) is 5.72. The maximum atomic E-state index is 8.81. The molecule has 102 valence electrons. The van der Waals surface area contributed by atoms with Gasteiger partial charge in [-0.2, -0.15) is 5.26 Å². The number of rotatable bonds is 3. The van der Waals surface area contributed by atoms with Crippen molar-refractivity contribution >= 4 is 23.0 Å². The van der Waals surface area contributed by atoms with Crippen LogP contribution in [0.15, 0.2) is 36.4 Å². The maximum Gasteiger partial charge on any atom is 0.152 e. The largest absolute Gasteiger partial charge is 0.454 e. The standard InChI is InChI=1S/C15H14ClN3O/c1-19(2)11-4-5-13(18)15(8-11)20-14-6-3-10(9-17)7-12(14)16/h3-8H,18H2,1-2H3. The predicted molar refractivity (Wildman–Crippen MR) is 81.4 cm³/mol. The van der Waals surface area contributed by atoms with E-state index in [1.165, 1.54) is 0 Å². The van der Waals surface area contributed by atoms with Crippen LogP contribution in [0, 0.1) is 11.3 Å². The van der Waals surface area contributed by atoms with Gasteiger partial charge in [0.05, 0.1) is 22.3 Å². The van der Waals surface area contributed by atoms with E-state index in [1.807, 2.05) is 37.2 Å². The first-order valence-electron chi connectivity index (χ1n) is 5.95. The summed E-state index contributed by atoms with van der Waals surface area (Å²) in [5.74, 6) is 0.996. The third-order valence-electron chi connectivity index (χ3n) is 2.79. The SMILES string of the molecule is CN(C)c1ccc(N)c(Oc2ccc(C#N)cc2Cl)c1. The zero-order valence-corrected chi connectivity index (χ0v) is 12.0. The van der Waals surface area contributed by atoms with Gasteiger partial charge in [0.15, 0.2) is 5.75 Å².